The SMILES string of the molecule is C=C(Cc1nc2c(s1)c(/C=N\N(C=O)Cc1n[nH]cc1Cl)c(C)n2C)/C(F)=C\N. The number of thiazole rings is 1. The summed E-state index contributed by atoms with van der Waals surface area (Å²) in [6.07, 6.45) is 4.87. The summed E-state index contributed by atoms with van der Waals surface area (Å²) in [4.78, 5) is 16.0. The van der Waals surface area contributed by atoms with Crippen molar-refractivity contribution < 1.29 is 9.18 Å². The van der Waals surface area contributed by atoms with Gasteiger partial charge in [0.1, 0.15) is 16.5 Å². The average molecular weight is 436 g/mol. The van der Waals surface area contributed by atoms with Gasteiger partial charge in [0, 0.05) is 37.1 Å². The van der Waals surface area contributed by atoms with Gasteiger partial charge in [-0.05, 0) is 12.5 Å². The molecule has 0 radical (unpaired) electrons. The molecule has 3 heterocycles. The highest BCUT2D eigenvalue weighted by molar-refractivity contribution is 7.19. The monoisotopic (exact) mass is 435 g/mol. The maximum absolute atomic E-state index is 13.6. The molecule has 3 rings (SSSR count). The van der Waals surface area contributed by atoms with Crippen molar-refractivity contribution in [3.05, 3.63) is 57.4 Å². The lowest BCUT2D eigenvalue weighted by Gasteiger charge is -2.09. The van der Waals surface area contributed by atoms with Crippen LogP contribution in [-0.2, 0) is 24.8 Å². The molecular weight excluding hydrogens is 417 g/mol. The number of halogens is 2. The molecular formula is C18H19ClFN7OS. The highest BCUT2D eigenvalue weighted by atomic mass is 35.5. The summed E-state index contributed by atoms with van der Waals surface area (Å²) in [6.45, 7) is 5.76. The number of allylic oxidation sites excluding steroid dienone is 2. The lowest BCUT2D eigenvalue weighted by Crippen LogP contribution is -2.15. The highest BCUT2D eigenvalue weighted by Gasteiger charge is 2.17. The van der Waals surface area contributed by atoms with Crippen LogP contribution in [0.2, 0.25) is 5.02 Å². The number of hydrogen-bond acceptors (Lipinski definition) is 6. The first-order valence-corrected chi connectivity index (χ1v) is 9.69. The van der Waals surface area contributed by atoms with Gasteiger partial charge < -0.3 is 10.3 Å². The zero-order valence-corrected chi connectivity index (χ0v) is 17.4. The molecule has 0 aliphatic carbocycles. The van der Waals surface area contributed by atoms with E-state index in [0.717, 1.165) is 27.8 Å². The fraction of sp³-hybridized carbons (Fsp3) is 0.222. The van der Waals surface area contributed by atoms with Crippen LogP contribution in [0, 0.1) is 6.92 Å². The number of fused-ring (bicyclic) bond motifs is 1. The molecule has 29 heavy (non-hydrogen) atoms. The number of rotatable bonds is 8. The van der Waals surface area contributed by atoms with E-state index in [9.17, 15) is 9.18 Å². The summed E-state index contributed by atoms with van der Waals surface area (Å²) >= 11 is 7.42. The van der Waals surface area contributed by atoms with Crippen LogP contribution in [0.25, 0.3) is 10.3 Å². The van der Waals surface area contributed by atoms with Gasteiger partial charge >= 0.3 is 0 Å². The molecule has 152 valence electrons. The average Bonchev–Trinajstić information content (AvgIpc) is 3.36. The van der Waals surface area contributed by atoms with Crippen LogP contribution in [0.1, 0.15) is 22.0 Å². The molecule has 1 amide bonds. The molecule has 0 spiro atoms. The number of amides is 1. The van der Waals surface area contributed by atoms with Gasteiger partial charge in [0.05, 0.1) is 22.5 Å². The second-order valence-electron chi connectivity index (χ2n) is 6.24. The number of aromatic amines is 1. The molecule has 0 saturated heterocycles. The molecule has 3 N–H and O–H groups in total. The fourth-order valence-corrected chi connectivity index (χ4v) is 4.03. The van der Waals surface area contributed by atoms with E-state index in [1.165, 1.54) is 22.5 Å². The second-order valence-corrected chi connectivity index (χ2v) is 7.73. The quantitative estimate of drug-likeness (QED) is 0.245. The minimum Gasteiger partial charge on any atom is -0.402 e. The summed E-state index contributed by atoms with van der Waals surface area (Å²) in [6, 6.07) is 0. The maximum Gasteiger partial charge on any atom is 0.230 e. The van der Waals surface area contributed by atoms with Crippen LogP contribution < -0.4 is 5.73 Å². The number of nitrogens with zero attached hydrogens (tertiary/aromatic N) is 5. The first kappa shape index (κ1) is 20.7. The molecule has 0 aliphatic rings. The fourth-order valence-electron chi connectivity index (χ4n) is 2.68. The third-order valence-corrected chi connectivity index (χ3v) is 5.80. The zero-order valence-electron chi connectivity index (χ0n) is 15.8. The Morgan fingerprint density at radius 1 is 1.59 bits per heavy atom. The highest BCUT2D eigenvalue weighted by Crippen LogP contribution is 2.31. The summed E-state index contributed by atoms with van der Waals surface area (Å²) in [7, 11) is 1.88. The Bertz CT molecular complexity index is 1130. The van der Waals surface area contributed by atoms with Crippen molar-refractivity contribution in [3.63, 3.8) is 0 Å². The Morgan fingerprint density at radius 3 is 2.97 bits per heavy atom. The minimum absolute atomic E-state index is 0.135. The van der Waals surface area contributed by atoms with E-state index in [4.69, 9.17) is 17.3 Å². The first-order valence-electron chi connectivity index (χ1n) is 8.50. The van der Waals surface area contributed by atoms with E-state index >= 15 is 0 Å². The van der Waals surface area contributed by atoms with Gasteiger partial charge in [-0.3, -0.25) is 9.89 Å². The number of hydrogen-bond donors (Lipinski definition) is 2. The Hall–Kier alpha value is -2.98. The summed E-state index contributed by atoms with van der Waals surface area (Å²) < 4.78 is 16.4. The largest absolute Gasteiger partial charge is 0.402 e. The molecule has 3 aromatic rings. The van der Waals surface area contributed by atoms with Crippen LogP contribution in [-0.4, -0.2) is 37.4 Å². The number of carbonyl (C=O) groups excluding carboxylic acids is 1. The van der Waals surface area contributed by atoms with Gasteiger partial charge in [0.2, 0.25) is 6.41 Å². The maximum atomic E-state index is 13.6. The number of nitrogens with one attached hydrogen (secondary N) is 1. The van der Waals surface area contributed by atoms with Crippen molar-refractivity contribution in [3.8, 4) is 0 Å². The normalized spacial score (nSPS) is 12.2. The van der Waals surface area contributed by atoms with Gasteiger partial charge in [0.15, 0.2) is 5.65 Å². The molecule has 11 heteroatoms. The van der Waals surface area contributed by atoms with Crippen molar-refractivity contribution >= 4 is 45.9 Å². The van der Waals surface area contributed by atoms with Gasteiger partial charge in [-0.25, -0.2) is 14.4 Å². The molecule has 8 nitrogen and oxygen atoms in total. The summed E-state index contributed by atoms with van der Waals surface area (Å²) in [5.41, 5.74) is 8.50. The molecule has 0 saturated carbocycles. The minimum atomic E-state index is -0.555. The van der Waals surface area contributed by atoms with E-state index < -0.39 is 5.83 Å². The molecule has 0 aliphatic heterocycles. The van der Waals surface area contributed by atoms with E-state index in [1.54, 1.807) is 6.21 Å². The smallest absolute Gasteiger partial charge is 0.230 e. The van der Waals surface area contributed by atoms with Crippen LogP contribution in [0.3, 0.4) is 0 Å². The molecule has 3 aromatic heterocycles. The zero-order chi connectivity index (χ0) is 21.1. The molecule has 0 aromatic carbocycles. The van der Waals surface area contributed by atoms with E-state index in [0.29, 0.717) is 22.1 Å². The van der Waals surface area contributed by atoms with Gasteiger partial charge in [0.25, 0.3) is 0 Å². The van der Waals surface area contributed by atoms with Crippen LogP contribution >= 0.6 is 22.9 Å². The molecule has 0 unspecified atom stereocenters. The topological polar surface area (TPSA) is 105 Å². The van der Waals surface area contributed by atoms with Crippen molar-refractivity contribution in [2.24, 2.45) is 17.9 Å². The standard InChI is InChI=1S/C18H19ClFN7OS/c1-10(14(20)5-21)4-16-24-18-17(29-16)12(11(2)26(18)3)6-23-27(9-28)8-15-13(19)7-22-25-15/h5-7,9H,1,4,8,21H2,2-3H3,(H,22,25)/b14-5+,23-6-. The van der Waals surface area contributed by atoms with E-state index in [2.05, 4.69) is 26.9 Å². The molecule has 0 fully saturated rings. The van der Waals surface area contributed by atoms with Crippen molar-refractivity contribution in [2.45, 2.75) is 19.9 Å². The van der Waals surface area contributed by atoms with Crippen LogP contribution in [0.4, 0.5) is 4.39 Å². The summed E-state index contributed by atoms with van der Waals surface area (Å²) in [5, 5.41) is 13.2. The van der Waals surface area contributed by atoms with Crippen molar-refractivity contribution in [1.29, 1.82) is 0 Å². The van der Waals surface area contributed by atoms with Gasteiger partial charge in [-0.1, -0.05) is 18.2 Å². The lowest BCUT2D eigenvalue weighted by molar-refractivity contribution is -0.118. The molecule has 0 bridgehead atoms. The number of aryl methyl sites for hydroxylation is 1. The lowest BCUT2D eigenvalue weighted by atomic mass is 10.2. The van der Waals surface area contributed by atoms with Crippen LogP contribution in [0.5, 0.6) is 0 Å². The predicted octanol–water partition coefficient (Wildman–Crippen LogP) is 3.18. The summed E-state index contributed by atoms with van der Waals surface area (Å²) in [5.74, 6) is -0.555. The van der Waals surface area contributed by atoms with Crippen molar-refractivity contribution in [2.75, 3.05) is 0 Å². The van der Waals surface area contributed by atoms with Gasteiger partial charge in [-0.15, -0.1) is 11.3 Å². The third kappa shape index (κ3) is 4.22. The van der Waals surface area contributed by atoms with E-state index in [1.807, 2.05) is 18.5 Å². The third-order valence-electron chi connectivity index (χ3n) is 4.39. The predicted molar refractivity (Wildman–Crippen MR) is 112 cm³/mol. The molecule has 0 atom stereocenters. The Labute approximate surface area is 175 Å². The number of hydrazone groups is 1. The number of carbonyl (C=O) groups is 1. The van der Waals surface area contributed by atoms with Gasteiger partial charge in [-0.2, -0.15) is 10.2 Å². The number of H-pyrrole nitrogens is 1. The first-order chi connectivity index (χ1) is 13.8. The number of nitrogens with two attached hydrogens (primary N) is 1. The Balaban J connectivity index is 1.89. The number of aromatic nitrogens is 4. The Kier molecular flexibility index (Phi) is 6.14. The van der Waals surface area contributed by atoms with Crippen LogP contribution in [0.15, 0.2) is 35.5 Å². The van der Waals surface area contributed by atoms with E-state index in [-0.39, 0.29) is 18.5 Å². The Morgan fingerprint density at radius 2 is 2.34 bits per heavy atom. The van der Waals surface area contributed by atoms with Crippen molar-refractivity contribution in [1.82, 2.24) is 24.8 Å². The second kappa shape index (κ2) is 8.58.